The molecular formula is C16H11F3N4O2. The van der Waals surface area contributed by atoms with Crippen LogP contribution in [0.25, 0.3) is 5.69 Å². The van der Waals surface area contributed by atoms with Crippen LogP contribution in [-0.4, -0.2) is 20.7 Å². The average molecular weight is 348 g/mol. The number of alkyl halides is 3. The molecule has 2 N–H and O–H groups in total. The number of nitrogens with one attached hydrogen (secondary N) is 2. The Hall–Kier alpha value is -3.36. The van der Waals surface area contributed by atoms with Gasteiger partial charge in [-0.25, -0.2) is 4.68 Å². The lowest BCUT2D eigenvalue weighted by atomic mass is 10.2. The highest BCUT2D eigenvalue weighted by Gasteiger charge is 2.35. The predicted molar refractivity (Wildman–Crippen MR) is 83.6 cm³/mol. The first-order valence-corrected chi connectivity index (χ1v) is 7.06. The van der Waals surface area contributed by atoms with Gasteiger partial charge in [0.2, 0.25) is 5.56 Å². The molecule has 0 radical (unpaired) electrons. The maximum Gasteiger partial charge on any atom is 0.433 e. The van der Waals surface area contributed by atoms with Gasteiger partial charge in [0, 0.05) is 18.0 Å². The van der Waals surface area contributed by atoms with E-state index in [1.807, 2.05) is 0 Å². The second kappa shape index (κ2) is 6.27. The van der Waals surface area contributed by atoms with E-state index in [1.165, 1.54) is 42.6 Å². The molecule has 3 aromatic rings. The highest BCUT2D eigenvalue weighted by molar-refractivity contribution is 6.04. The molecule has 0 aliphatic rings. The molecule has 2 aromatic heterocycles. The SMILES string of the molecule is O=C(Nc1ccc(-n2nccc2C(F)(F)F)cc1)c1ccc(=O)[nH]c1. The molecule has 2 heterocycles. The van der Waals surface area contributed by atoms with Crippen LogP contribution in [0.1, 0.15) is 16.1 Å². The Morgan fingerprint density at radius 2 is 1.80 bits per heavy atom. The van der Waals surface area contributed by atoms with E-state index in [0.29, 0.717) is 5.69 Å². The molecule has 0 atom stereocenters. The number of anilines is 1. The number of rotatable bonds is 3. The zero-order valence-corrected chi connectivity index (χ0v) is 12.5. The number of amides is 1. The van der Waals surface area contributed by atoms with Crippen LogP contribution in [-0.2, 0) is 6.18 Å². The van der Waals surface area contributed by atoms with E-state index in [-0.39, 0.29) is 16.8 Å². The first-order valence-electron chi connectivity index (χ1n) is 7.06. The van der Waals surface area contributed by atoms with E-state index in [9.17, 15) is 22.8 Å². The first kappa shape index (κ1) is 16.5. The minimum absolute atomic E-state index is 0.208. The highest BCUT2D eigenvalue weighted by atomic mass is 19.4. The van der Waals surface area contributed by atoms with Crippen LogP contribution in [0, 0.1) is 0 Å². The Bertz CT molecular complexity index is 938. The Morgan fingerprint density at radius 3 is 2.40 bits per heavy atom. The minimum atomic E-state index is -4.52. The summed E-state index contributed by atoms with van der Waals surface area (Å²) in [5.41, 5.74) is -0.381. The topological polar surface area (TPSA) is 79.8 Å². The molecule has 0 saturated heterocycles. The van der Waals surface area contributed by atoms with E-state index < -0.39 is 17.8 Å². The van der Waals surface area contributed by atoms with E-state index in [0.717, 1.165) is 16.9 Å². The highest BCUT2D eigenvalue weighted by Crippen LogP contribution is 2.30. The van der Waals surface area contributed by atoms with Gasteiger partial charge < -0.3 is 10.3 Å². The summed E-state index contributed by atoms with van der Waals surface area (Å²) in [6.07, 6.45) is -2.19. The molecule has 25 heavy (non-hydrogen) atoms. The normalized spacial score (nSPS) is 11.3. The van der Waals surface area contributed by atoms with E-state index in [1.54, 1.807) is 0 Å². The molecule has 9 heteroatoms. The molecule has 0 spiro atoms. The molecular weight excluding hydrogens is 337 g/mol. The van der Waals surface area contributed by atoms with Crippen molar-refractivity contribution >= 4 is 11.6 Å². The molecule has 1 aromatic carbocycles. The lowest BCUT2D eigenvalue weighted by molar-refractivity contribution is -0.142. The Balaban J connectivity index is 1.79. The predicted octanol–water partition coefficient (Wildman–Crippen LogP) is 2.83. The number of aromatic nitrogens is 3. The number of aromatic amines is 1. The zero-order chi connectivity index (χ0) is 18.0. The summed E-state index contributed by atoms with van der Waals surface area (Å²) in [6.45, 7) is 0. The van der Waals surface area contributed by atoms with E-state index in [4.69, 9.17) is 0 Å². The van der Waals surface area contributed by atoms with Gasteiger partial charge in [-0.1, -0.05) is 0 Å². The van der Waals surface area contributed by atoms with Gasteiger partial charge in [0.25, 0.3) is 5.91 Å². The van der Waals surface area contributed by atoms with E-state index in [2.05, 4.69) is 15.4 Å². The molecule has 3 rings (SSSR count). The zero-order valence-electron chi connectivity index (χ0n) is 12.5. The molecule has 0 bridgehead atoms. The third kappa shape index (κ3) is 3.60. The number of hydrogen-bond donors (Lipinski definition) is 2. The standard InChI is InChI=1S/C16H11F3N4O2/c17-16(18,19)13-7-8-21-23(13)12-4-2-11(3-5-12)22-15(25)10-1-6-14(24)20-9-10/h1-9H,(H,20,24)(H,22,25). The summed E-state index contributed by atoms with van der Waals surface area (Å²) < 4.78 is 39.4. The number of benzene rings is 1. The van der Waals surface area contributed by atoms with Crippen molar-refractivity contribution in [3.8, 4) is 5.69 Å². The van der Waals surface area contributed by atoms with Crippen LogP contribution in [0.15, 0.2) is 59.7 Å². The van der Waals surface area contributed by atoms with Crippen LogP contribution >= 0.6 is 0 Å². The lowest BCUT2D eigenvalue weighted by Gasteiger charge is -2.11. The van der Waals surface area contributed by atoms with Crippen LogP contribution in [0.5, 0.6) is 0 Å². The van der Waals surface area contributed by atoms with Crippen LogP contribution in [0.2, 0.25) is 0 Å². The van der Waals surface area contributed by atoms with Crippen molar-refractivity contribution in [2.24, 2.45) is 0 Å². The largest absolute Gasteiger partial charge is 0.433 e. The van der Waals surface area contributed by atoms with Gasteiger partial charge in [0.15, 0.2) is 0 Å². The molecule has 0 fully saturated rings. The van der Waals surface area contributed by atoms with Gasteiger partial charge in [-0.15, -0.1) is 0 Å². The quantitative estimate of drug-likeness (QED) is 0.764. The lowest BCUT2D eigenvalue weighted by Crippen LogP contribution is -2.15. The van der Waals surface area contributed by atoms with Gasteiger partial charge in [-0.3, -0.25) is 9.59 Å². The van der Waals surface area contributed by atoms with Crippen LogP contribution in [0.4, 0.5) is 18.9 Å². The number of H-pyrrole nitrogens is 1. The number of carbonyl (C=O) groups excluding carboxylic acids is 1. The molecule has 1 amide bonds. The number of nitrogens with zero attached hydrogens (tertiary/aromatic N) is 2. The Kier molecular flexibility index (Phi) is 4.14. The third-order valence-corrected chi connectivity index (χ3v) is 3.35. The minimum Gasteiger partial charge on any atom is -0.328 e. The summed E-state index contributed by atoms with van der Waals surface area (Å²) in [5, 5.41) is 6.26. The van der Waals surface area contributed by atoms with Gasteiger partial charge in [0.1, 0.15) is 5.69 Å². The number of pyridine rings is 1. The maximum absolute atomic E-state index is 12.9. The summed E-state index contributed by atoms with van der Waals surface area (Å²) in [6, 6.07) is 9.19. The second-order valence-electron chi connectivity index (χ2n) is 5.07. The summed E-state index contributed by atoms with van der Waals surface area (Å²) in [7, 11) is 0. The van der Waals surface area contributed by atoms with Gasteiger partial charge in [-0.2, -0.15) is 18.3 Å². The summed E-state index contributed by atoms with van der Waals surface area (Å²) in [5.74, 6) is -0.459. The van der Waals surface area contributed by atoms with Crippen molar-refractivity contribution in [2.45, 2.75) is 6.18 Å². The molecule has 6 nitrogen and oxygen atoms in total. The average Bonchev–Trinajstić information content (AvgIpc) is 3.06. The van der Waals surface area contributed by atoms with Crippen molar-refractivity contribution in [1.82, 2.24) is 14.8 Å². The number of halogens is 3. The van der Waals surface area contributed by atoms with E-state index >= 15 is 0 Å². The van der Waals surface area contributed by atoms with Crippen molar-refractivity contribution in [1.29, 1.82) is 0 Å². The third-order valence-electron chi connectivity index (χ3n) is 3.35. The summed E-state index contributed by atoms with van der Waals surface area (Å²) in [4.78, 5) is 25.4. The van der Waals surface area contributed by atoms with Crippen molar-refractivity contribution < 1.29 is 18.0 Å². The smallest absolute Gasteiger partial charge is 0.328 e. The maximum atomic E-state index is 12.9. The van der Waals surface area contributed by atoms with Gasteiger partial charge in [0.05, 0.1) is 17.4 Å². The van der Waals surface area contributed by atoms with Gasteiger partial charge >= 0.3 is 6.18 Å². The second-order valence-corrected chi connectivity index (χ2v) is 5.07. The molecule has 0 aliphatic heterocycles. The van der Waals surface area contributed by atoms with Crippen molar-refractivity contribution in [3.63, 3.8) is 0 Å². The monoisotopic (exact) mass is 348 g/mol. The van der Waals surface area contributed by atoms with Crippen LogP contribution in [0.3, 0.4) is 0 Å². The van der Waals surface area contributed by atoms with Crippen molar-refractivity contribution in [3.05, 3.63) is 76.5 Å². The fourth-order valence-electron chi connectivity index (χ4n) is 2.16. The Labute approximate surface area is 138 Å². The summed E-state index contributed by atoms with van der Waals surface area (Å²) >= 11 is 0. The van der Waals surface area contributed by atoms with Crippen LogP contribution < -0.4 is 10.9 Å². The fourth-order valence-corrected chi connectivity index (χ4v) is 2.16. The molecule has 0 aliphatic carbocycles. The molecule has 0 saturated carbocycles. The number of hydrogen-bond acceptors (Lipinski definition) is 3. The fraction of sp³-hybridized carbons (Fsp3) is 0.0625. The number of carbonyl (C=O) groups is 1. The molecule has 128 valence electrons. The molecule has 0 unspecified atom stereocenters. The first-order chi connectivity index (χ1) is 11.8. The van der Waals surface area contributed by atoms with Crippen molar-refractivity contribution in [2.75, 3.05) is 5.32 Å². The Morgan fingerprint density at radius 1 is 1.08 bits per heavy atom. The van der Waals surface area contributed by atoms with Gasteiger partial charge in [-0.05, 0) is 36.4 Å².